The molecule has 1 aromatic heterocycles. The number of nitrogens with one attached hydrogen (secondary N) is 1. The smallest absolute Gasteiger partial charge is 0.262 e. The van der Waals surface area contributed by atoms with Crippen molar-refractivity contribution in [3.8, 4) is 0 Å². The number of thioether (sulfide) groups is 1. The fourth-order valence-electron chi connectivity index (χ4n) is 3.61. The van der Waals surface area contributed by atoms with Crippen molar-refractivity contribution in [2.45, 2.75) is 50.7 Å². The van der Waals surface area contributed by atoms with Crippen molar-refractivity contribution in [3.05, 3.63) is 69.5 Å². The first-order chi connectivity index (χ1) is 15.9. The van der Waals surface area contributed by atoms with Crippen molar-refractivity contribution < 1.29 is 4.79 Å². The zero-order valence-corrected chi connectivity index (χ0v) is 21.0. The van der Waals surface area contributed by atoms with Gasteiger partial charge in [0.15, 0.2) is 5.16 Å². The summed E-state index contributed by atoms with van der Waals surface area (Å²) >= 11 is 7.50. The lowest BCUT2D eigenvalue weighted by Crippen LogP contribution is -2.32. The highest BCUT2D eigenvalue weighted by Crippen LogP contribution is 2.23. The number of carbonyl (C=O) groups is 1. The molecule has 1 N–H and O–H groups in total. The van der Waals surface area contributed by atoms with Gasteiger partial charge in [0, 0.05) is 18.1 Å². The second-order valence-corrected chi connectivity index (χ2v) is 9.53. The van der Waals surface area contributed by atoms with Gasteiger partial charge in [0.05, 0.1) is 16.2 Å². The van der Waals surface area contributed by atoms with Crippen molar-refractivity contribution in [1.29, 1.82) is 0 Å². The molecule has 176 valence electrons. The highest BCUT2D eigenvalue weighted by molar-refractivity contribution is 8.00. The topological polar surface area (TPSA) is 67.2 Å². The molecular weight excluding hydrogens is 456 g/mol. The van der Waals surface area contributed by atoms with Gasteiger partial charge in [-0.2, -0.15) is 0 Å². The van der Waals surface area contributed by atoms with E-state index >= 15 is 0 Å². The van der Waals surface area contributed by atoms with Gasteiger partial charge in [-0.15, -0.1) is 0 Å². The Morgan fingerprint density at radius 3 is 2.58 bits per heavy atom. The Kier molecular flexibility index (Phi) is 9.35. The molecule has 0 spiro atoms. The van der Waals surface area contributed by atoms with Crippen LogP contribution in [0.4, 0.5) is 0 Å². The van der Waals surface area contributed by atoms with Crippen molar-refractivity contribution in [1.82, 2.24) is 19.8 Å². The summed E-state index contributed by atoms with van der Waals surface area (Å²) in [5, 5.41) is 4.30. The first-order valence-electron chi connectivity index (χ1n) is 11.3. The fourth-order valence-corrected chi connectivity index (χ4v) is 4.77. The van der Waals surface area contributed by atoms with Gasteiger partial charge >= 0.3 is 0 Å². The molecular formula is C25H31ClN4O2S. The number of amides is 1. The largest absolute Gasteiger partial charge is 0.351 e. The maximum Gasteiger partial charge on any atom is 0.262 e. The van der Waals surface area contributed by atoms with Gasteiger partial charge in [-0.1, -0.05) is 67.5 Å². The van der Waals surface area contributed by atoms with Crippen LogP contribution in [0.5, 0.6) is 0 Å². The minimum Gasteiger partial charge on any atom is -0.351 e. The third-order valence-corrected chi connectivity index (χ3v) is 7.10. The lowest BCUT2D eigenvalue weighted by Gasteiger charge is -2.20. The Morgan fingerprint density at radius 1 is 1.15 bits per heavy atom. The Bertz CT molecular complexity index is 1150. The molecule has 0 fully saturated rings. The molecule has 0 bridgehead atoms. The highest BCUT2D eigenvalue weighted by Gasteiger charge is 2.19. The van der Waals surface area contributed by atoms with E-state index in [1.807, 2.05) is 43.3 Å². The average molecular weight is 487 g/mol. The third-order valence-electron chi connectivity index (χ3n) is 5.64. The van der Waals surface area contributed by atoms with Crippen LogP contribution in [0.2, 0.25) is 5.02 Å². The molecule has 33 heavy (non-hydrogen) atoms. The first-order valence-corrected chi connectivity index (χ1v) is 12.6. The minimum atomic E-state index is -0.422. The van der Waals surface area contributed by atoms with Crippen LogP contribution in [0.3, 0.4) is 0 Å². The Hall–Kier alpha value is -2.35. The van der Waals surface area contributed by atoms with Gasteiger partial charge in [-0.3, -0.25) is 14.2 Å². The number of nitrogens with zero attached hydrogens (tertiary/aromatic N) is 3. The zero-order valence-electron chi connectivity index (χ0n) is 19.4. The summed E-state index contributed by atoms with van der Waals surface area (Å²) in [5.74, 6) is -0.128. The number of para-hydroxylation sites is 1. The molecule has 0 aliphatic carbocycles. The van der Waals surface area contributed by atoms with E-state index < -0.39 is 5.25 Å². The lowest BCUT2D eigenvalue weighted by molar-refractivity contribution is -0.120. The number of carbonyl (C=O) groups excluding carboxylic acids is 1. The quantitative estimate of drug-likeness (QED) is 0.317. The van der Waals surface area contributed by atoms with E-state index in [4.69, 9.17) is 16.6 Å². The van der Waals surface area contributed by atoms with Crippen LogP contribution < -0.4 is 10.9 Å². The van der Waals surface area contributed by atoms with Crippen LogP contribution in [-0.4, -0.2) is 45.2 Å². The molecule has 0 saturated carbocycles. The standard InChI is InChI=1S/C25H31ClN4O2S/c1-4-29(5-2)15-10-16-30-24(32)20-12-7-9-14-22(20)28-25(30)33-18(3)23(31)27-17-19-11-6-8-13-21(19)26/h6-9,11-14,18H,4-5,10,15-17H2,1-3H3,(H,27,31). The van der Waals surface area contributed by atoms with E-state index in [9.17, 15) is 9.59 Å². The molecule has 0 aliphatic heterocycles. The lowest BCUT2D eigenvalue weighted by atomic mass is 10.2. The number of hydrogen-bond donors (Lipinski definition) is 1. The molecule has 6 nitrogen and oxygen atoms in total. The monoisotopic (exact) mass is 486 g/mol. The van der Waals surface area contributed by atoms with Gasteiger partial charge in [-0.25, -0.2) is 4.98 Å². The molecule has 0 radical (unpaired) electrons. The Labute approximate surface area is 204 Å². The Balaban J connectivity index is 1.77. The van der Waals surface area contributed by atoms with Gasteiger partial charge in [0.2, 0.25) is 5.91 Å². The maximum atomic E-state index is 13.2. The summed E-state index contributed by atoms with van der Waals surface area (Å²) in [6.45, 7) is 9.87. The molecule has 3 rings (SSSR count). The second kappa shape index (κ2) is 12.2. The van der Waals surface area contributed by atoms with Crippen LogP contribution in [0, 0.1) is 0 Å². The zero-order chi connectivity index (χ0) is 23.8. The van der Waals surface area contributed by atoms with Crippen LogP contribution in [-0.2, 0) is 17.9 Å². The number of hydrogen-bond acceptors (Lipinski definition) is 5. The first kappa shape index (κ1) is 25.3. The molecule has 1 heterocycles. The number of fused-ring (bicyclic) bond motifs is 1. The summed E-state index contributed by atoms with van der Waals surface area (Å²) in [4.78, 5) is 33.1. The SMILES string of the molecule is CCN(CC)CCCn1c(SC(C)C(=O)NCc2ccccc2Cl)nc2ccccc2c1=O. The number of rotatable bonds is 11. The van der Waals surface area contributed by atoms with Gasteiger partial charge in [0.25, 0.3) is 5.56 Å². The summed E-state index contributed by atoms with van der Waals surface area (Å²) < 4.78 is 1.72. The van der Waals surface area contributed by atoms with E-state index in [1.165, 1.54) is 11.8 Å². The molecule has 2 aromatic carbocycles. The van der Waals surface area contributed by atoms with Crippen LogP contribution >= 0.6 is 23.4 Å². The maximum absolute atomic E-state index is 13.2. The van der Waals surface area contributed by atoms with Gasteiger partial charge < -0.3 is 10.2 Å². The van der Waals surface area contributed by atoms with Crippen LogP contribution in [0.25, 0.3) is 10.9 Å². The third kappa shape index (κ3) is 6.59. The molecule has 3 aromatic rings. The van der Waals surface area contributed by atoms with Crippen molar-refractivity contribution in [2.75, 3.05) is 19.6 Å². The summed E-state index contributed by atoms with van der Waals surface area (Å²) in [6, 6.07) is 14.8. The molecule has 0 aliphatic rings. The summed E-state index contributed by atoms with van der Waals surface area (Å²) in [5.41, 5.74) is 1.45. The second-order valence-electron chi connectivity index (χ2n) is 7.82. The highest BCUT2D eigenvalue weighted by atomic mass is 35.5. The molecule has 1 amide bonds. The van der Waals surface area contributed by atoms with E-state index in [2.05, 4.69) is 24.1 Å². The molecule has 1 atom stereocenters. The average Bonchev–Trinajstić information content (AvgIpc) is 2.82. The van der Waals surface area contributed by atoms with E-state index in [-0.39, 0.29) is 11.5 Å². The summed E-state index contributed by atoms with van der Waals surface area (Å²) in [7, 11) is 0. The van der Waals surface area contributed by atoms with Crippen molar-refractivity contribution >= 4 is 40.2 Å². The fraction of sp³-hybridized carbons (Fsp3) is 0.400. The van der Waals surface area contributed by atoms with E-state index in [0.717, 1.165) is 31.6 Å². The van der Waals surface area contributed by atoms with E-state index in [1.54, 1.807) is 16.7 Å². The normalized spacial score (nSPS) is 12.3. The summed E-state index contributed by atoms with van der Waals surface area (Å²) in [6.07, 6.45) is 0.836. The number of benzene rings is 2. The minimum absolute atomic E-state index is 0.0636. The molecule has 8 heteroatoms. The Morgan fingerprint density at radius 2 is 1.85 bits per heavy atom. The predicted octanol–water partition coefficient (Wildman–Crippen LogP) is 4.58. The van der Waals surface area contributed by atoms with Crippen LogP contribution in [0.1, 0.15) is 32.8 Å². The van der Waals surface area contributed by atoms with Gasteiger partial charge in [0.1, 0.15) is 0 Å². The van der Waals surface area contributed by atoms with E-state index in [0.29, 0.717) is 34.2 Å². The number of halogens is 1. The predicted molar refractivity (Wildman–Crippen MR) is 137 cm³/mol. The van der Waals surface area contributed by atoms with Crippen LogP contribution in [0.15, 0.2) is 58.5 Å². The van der Waals surface area contributed by atoms with Crippen molar-refractivity contribution in [2.24, 2.45) is 0 Å². The van der Waals surface area contributed by atoms with Crippen molar-refractivity contribution in [3.63, 3.8) is 0 Å². The number of aromatic nitrogens is 2. The molecule has 0 saturated heterocycles. The molecule has 1 unspecified atom stereocenters. The van der Waals surface area contributed by atoms with Gasteiger partial charge in [-0.05, 0) is 56.7 Å².